The molecule has 12 rings (SSSR count). The zero-order valence-electron chi connectivity index (χ0n) is 35.0. The summed E-state index contributed by atoms with van der Waals surface area (Å²) in [5.74, 6) is 0. The van der Waals surface area contributed by atoms with Crippen LogP contribution in [0.2, 0.25) is 0 Å². The van der Waals surface area contributed by atoms with Crippen LogP contribution >= 0.6 is 0 Å². The Morgan fingerprint density at radius 3 is 1.39 bits per heavy atom. The molecule has 0 N–H and O–H groups in total. The van der Waals surface area contributed by atoms with E-state index in [0.717, 1.165) is 61.3 Å². The zero-order valence-corrected chi connectivity index (χ0v) is 35.0. The first-order chi connectivity index (χ1) is 31.7. The molecule has 2 nitrogen and oxygen atoms in total. The van der Waals surface area contributed by atoms with E-state index in [1.165, 1.54) is 54.9 Å². The van der Waals surface area contributed by atoms with Gasteiger partial charge in [0, 0.05) is 33.3 Å². The number of hydrogen-bond acceptors (Lipinski definition) is 2. The van der Waals surface area contributed by atoms with Gasteiger partial charge in [0.15, 0.2) is 0 Å². The van der Waals surface area contributed by atoms with Crippen LogP contribution in [-0.4, -0.2) is 0 Å². The lowest BCUT2D eigenvalue weighted by molar-refractivity contribution is 0.670. The Bertz CT molecular complexity index is 3650. The van der Waals surface area contributed by atoms with E-state index in [2.05, 4.69) is 241 Å². The van der Waals surface area contributed by atoms with Crippen molar-refractivity contribution in [3.63, 3.8) is 0 Å². The van der Waals surface area contributed by atoms with E-state index in [-0.39, 0.29) is 0 Å². The smallest absolute Gasteiger partial charge is 0.143 e. The molecule has 0 aliphatic carbocycles. The lowest BCUT2D eigenvalue weighted by Crippen LogP contribution is -2.11. The third kappa shape index (κ3) is 6.70. The second-order valence-electron chi connectivity index (χ2n) is 16.5. The highest BCUT2D eigenvalue weighted by atomic mass is 16.3. The van der Waals surface area contributed by atoms with Crippen LogP contribution in [0.5, 0.6) is 0 Å². The van der Waals surface area contributed by atoms with Gasteiger partial charge < -0.3 is 9.32 Å². The number of fused-ring (bicyclic) bond motifs is 5. The van der Waals surface area contributed by atoms with Crippen LogP contribution in [0.15, 0.2) is 253 Å². The van der Waals surface area contributed by atoms with Crippen molar-refractivity contribution in [1.82, 2.24) is 0 Å². The predicted octanol–water partition coefficient (Wildman–Crippen LogP) is 17.7. The van der Waals surface area contributed by atoms with Crippen molar-refractivity contribution in [2.45, 2.75) is 0 Å². The van der Waals surface area contributed by atoms with E-state index < -0.39 is 0 Å². The topological polar surface area (TPSA) is 16.4 Å². The van der Waals surface area contributed by atoms with Gasteiger partial charge in [0.05, 0.1) is 5.69 Å². The van der Waals surface area contributed by atoms with Crippen LogP contribution in [0.25, 0.3) is 99.1 Å². The zero-order chi connectivity index (χ0) is 42.4. The van der Waals surface area contributed by atoms with Crippen LogP contribution in [0.4, 0.5) is 17.1 Å². The van der Waals surface area contributed by atoms with Gasteiger partial charge in [-0.3, -0.25) is 0 Å². The van der Waals surface area contributed by atoms with E-state index >= 15 is 0 Å². The van der Waals surface area contributed by atoms with Crippen molar-refractivity contribution in [3.05, 3.63) is 249 Å². The fourth-order valence-electron chi connectivity index (χ4n) is 9.45. The van der Waals surface area contributed by atoms with Gasteiger partial charge in [0.2, 0.25) is 0 Å². The maximum absolute atomic E-state index is 6.46. The number of hydrogen-bond donors (Lipinski definition) is 0. The highest BCUT2D eigenvalue weighted by Gasteiger charge is 2.19. The summed E-state index contributed by atoms with van der Waals surface area (Å²) in [5.41, 5.74) is 16.7. The Balaban J connectivity index is 0.940. The molecule has 1 aromatic heterocycles. The maximum Gasteiger partial charge on any atom is 0.143 e. The summed E-state index contributed by atoms with van der Waals surface area (Å²) in [6.45, 7) is 0. The Morgan fingerprint density at radius 2 is 0.703 bits per heavy atom. The molecule has 12 aromatic rings. The summed E-state index contributed by atoms with van der Waals surface area (Å²) in [6, 6.07) is 89.7. The molecule has 64 heavy (non-hydrogen) atoms. The molecule has 0 aliphatic heterocycles. The first-order valence-corrected chi connectivity index (χ1v) is 21.9. The summed E-state index contributed by atoms with van der Waals surface area (Å²) in [7, 11) is 0. The second-order valence-corrected chi connectivity index (χ2v) is 16.5. The summed E-state index contributed by atoms with van der Waals surface area (Å²) in [4.78, 5) is 2.38. The SMILES string of the molecule is c1ccc(-c2ccc3ccccc3c2)c(-c2ccc(-c3ccccc3N(c3ccc(-c4ccc5ccccc5c4)cc3)c3ccc(-c4cccc5c4oc4ccccc45)cc3)cc2)c1. The largest absolute Gasteiger partial charge is 0.455 e. The normalized spacial score (nSPS) is 11.4. The highest BCUT2D eigenvalue weighted by molar-refractivity contribution is 6.09. The van der Waals surface area contributed by atoms with Gasteiger partial charge >= 0.3 is 0 Å². The minimum Gasteiger partial charge on any atom is -0.455 e. The first kappa shape index (κ1) is 37.3. The molecule has 0 unspecified atom stereocenters. The quantitative estimate of drug-likeness (QED) is 0.152. The average molecular weight is 816 g/mol. The third-order valence-corrected chi connectivity index (χ3v) is 12.7. The molecule has 0 spiro atoms. The van der Waals surface area contributed by atoms with Crippen molar-refractivity contribution in [1.29, 1.82) is 0 Å². The molecule has 0 saturated heterocycles. The number of benzene rings is 11. The Labute approximate surface area is 372 Å². The van der Waals surface area contributed by atoms with Gasteiger partial charge in [-0.1, -0.05) is 200 Å². The molecule has 1 heterocycles. The molecule has 0 fully saturated rings. The molecule has 0 amide bonds. The average Bonchev–Trinajstić information content (AvgIpc) is 3.76. The fraction of sp³-hybridized carbons (Fsp3) is 0. The monoisotopic (exact) mass is 815 g/mol. The van der Waals surface area contributed by atoms with Crippen LogP contribution in [0.3, 0.4) is 0 Å². The van der Waals surface area contributed by atoms with Gasteiger partial charge in [0.25, 0.3) is 0 Å². The summed E-state index contributed by atoms with van der Waals surface area (Å²) < 4.78 is 6.46. The number of para-hydroxylation sites is 3. The second kappa shape index (κ2) is 15.8. The molecule has 0 bridgehead atoms. The Morgan fingerprint density at radius 1 is 0.266 bits per heavy atom. The van der Waals surface area contributed by atoms with E-state index in [1.54, 1.807) is 0 Å². The number of rotatable bonds is 8. The Kier molecular flexibility index (Phi) is 9.20. The summed E-state index contributed by atoms with van der Waals surface area (Å²) in [5, 5.41) is 7.23. The molecular weight excluding hydrogens is 775 g/mol. The highest BCUT2D eigenvalue weighted by Crippen LogP contribution is 2.44. The van der Waals surface area contributed by atoms with Gasteiger partial charge in [0.1, 0.15) is 11.2 Å². The molecule has 0 radical (unpaired) electrons. The number of nitrogens with zero attached hydrogens (tertiary/aromatic N) is 1. The standard InChI is InChI=1S/C62H41NO/c1-3-14-48-40-50(30-24-42(48)12-1)44-32-36-52(37-33-44)63(53-38-34-47(35-39-53)57-20-11-21-59-58-19-8-10-23-61(58)64-62(57)59)60-22-9-7-18-56(60)46-28-26-45(27-29-46)54-16-5-6-17-55(54)51-31-25-43-13-2-4-15-49(43)41-51/h1-41H. The summed E-state index contributed by atoms with van der Waals surface area (Å²) >= 11 is 0. The van der Waals surface area contributed by atoms with Gasteiger partial charge in [-0.05, 0) is 115 Å². The summed E-state index contributed by atoms with van der Waals surface area (Å²) in [6.07, 6.45) is 0. The van der Waals surface area contributed by atoms with Crippen LogP contribution < -0.4 is 4.90 Å². The molecule has 0 saturated carbocycles. The van der Waals surface area contributed by atoms with E-state index in [0.29, 0.717) is 0 Å². The van der Waals surface area contributed by atoms with E-state index in [9.17, 15) is 0 Å². The minimum absolute atomic E-state index is 0.902. The third-order valence-electron chi connectivity index (χ3n) is 12.7. The minimum atomic E-state index is 0.902. The number of furan rings is 1. The van der Waals surface area contributed by atoms with Gasteiger partial charge in [-0.15, -0.1) is 0 Å². The molecule has 0 atom stereocenters. The lowest BCUT2D eigenvalue weighted by atomic mass is 9.92. The van der Waals surface area contributed by atoms with Crippen molar-refractivity contribution in [2.75, 3.05) is 4.90 Å². The lowest BCUT2D eigenvalue weighted by Gasteiger charge is -2.28. The first-order valence-electron chi connectivity index (χ1n) is 21.9. The van der Waals surface area contributed by atoms with Crippen molar-refractivity contribution < 1.29 is 4.42 Å². The van der Waals surface area contributed by atoms with Gasteiger partial charge in [-0.2, -0.15) is 0 Å². The maximum atomic E-state index is 6.46. The fourth-order valence-corrected chi connectivity index (χ4v) is 9.45. The molecule has 11 aromatic carbocycles. The van der Waals surface area contributed by atoms with Crippen LogP contribution in [0, 0.1) is 0 Å². The molecule has 300 valence electrons. The molecule has 0 aliphatic rings. The Hall–Kier alpha value is -8.46. The van der Waals surface area contributed by atoms with Crippen molar-refractivity contribution >= 4 is 60.5 Å². The molecule has 2 heteroatoms. The van der Waals surface area contributed by atoms with Crippen molar-refractivity contribution in [2.24, 2.45) is 0 Å². The van der Waals surface area contributed by atoms with Gasteiger partial charge in [-0.25, -0.2) is 0 Å². The van der Waals surface area contributed by atoms with Crippen LogP contribution in [-0.2, 0) is 0 Å². The van der Waals surface area contributed by atoms with Crippen molar-refractivity contribution in [3.8, 4) is 55.6 Å². The molecular formula is C62H41NO. The number of anilines is 3. The van der Waals surface area contributed by atoms with E-state index in [1.807, 2.05) is 12.1 Å². The van der Waals surface area contributed by atoms with Crippen LogP contribution in [0.1, 0.15) is 0 Å². The van der Waals surface area contributed by atoms with E-state index in [4.69, 9.17) is 4.42 Å². The predicted molar refractivity (Wildman–Crippen MR) is 271 cm³/mol.